The molecule has 30 heavy (non-hydrogen) atoms. The Kier molecular flexibility index (Phi) is 7.02. The van der Waals surface area contributed by atoms with Gasteiger partial charge in [-0.2, -0.15) is 0 Å². The Morgan fingerprint density at radius 2 is 1.83 bits per heavy atom. The Balaban J connectivity index is 1.65. The Bertz CT molecular complexity index is 1000. The first-order valence-corrected chi connectivity index (χ1v) is 10.4. The Morgan fingerprint density at radius 3 is 2.47 bits per heavy atom. The lowest BCUT2D eigenvalue weighted by molar-refractivity contribution is -0.142. The Morgan fingerprint density at radius 1 is 1.17 bits per heavy atom. The third-order valence-corrected chi connectivity index (χ3v) is 5.84. The zero-order valence-corrected chi connectivity index (χ0v) is 17.8. The van der Waals surface area contributed by atoms with Crippen LogP contribution in [0, 0.1) is 6.92 Å². The summed E-state index contributed by atoms with van der Waals surface area (Å²) in [5.41, 5.74) is 2.76. The smallest absolute Gasteiger partial charge is 0.326 e. The fraction of sp³-hybridized carbons (Fsp3) is 0.182. The average molecular weight is 441 g/mol. The van der Waals surface area contributed by atoms with Gasteiger partial charge in [0, 0.05) is 6.42 Å². The van der Waals surface area contributed by atoms with E-state index in [-0.39, 0.29) is 23.2 Å². The maximum atomic E-state index is 12.7. The molecule has 1 saturated heterocycles. The van der Waals surface area contributed by atoms with E-state index in [1.807, 2.05) is 37.3 Å². The van der Waals surface area contributed by atoms with Crippen molar-refractivity contribution in [1.82, 2.24) is 10.2 Å². The van der Waals surface area contributed by atoms with E-state index in [1.54, 1.807) is 30.3 Å². The first-order valence-electron chi connectivity index (χ1n) is 9.21. The summed E-state index contributed by atoms with van der Waals surface area (Å²) in [6.45, 7) is 1.65. The predicted molar refractivity (Wildman–Crippen MR) is 121 cm³/mol. The highest BCUT2D eigenvalue weighted by molar-refractivity contribution is 8.26. The molecule has 0 spiro atoms. The van der Waals surface area contributed by atoms with Gasteiger partial charge in [-0.05, 0) is 24.1 Å². The number of aryl methyl sites for hydroxylation is 1. The molecule has 3 rings (SSSR count). The third-order valence-electron chi connectivity index (χ3n) is 4.47. The summed E-state index contributed by atoms with van der Waals surface area (Å²) in [5, 5.41) is 11.9. The number of hydrogen-bond acceptors (Lipinski definition) is 5. The highest BCUT2D eigenvalue weighted by Gasteiger charge is 2.34. The summed E-state index contributed by atoms with van der Waals surface area (Å²) in [4.78, 5) is 38.3. The van der Waals surface area contributed by atoms with Gasteiger partial charge in [0.1, 0.15) is 16.9 Å². The molecular weight excluding hydrogens is 420 g/mol. The van der Waals surface area contributed by atoms with Gasteiger partial charge < -0.3 is 10.4 Å². The van der Waals surface area contributed by atoms with E-state index in [0.29, 0.717) is 4.91 Å². The fourth-order valence-electron chi connectivity index (χ4n) is 2.88. The summed E-state index contributed by atoms with van der Waals surface area (Å²) < 4.78 is 0.267. The standard InChI is InChI=1S/C22H20N2O4S2/c1-14-7-9-16(10-8-14)12-18-20(26)24(22(29)30-18)13-19(25)23-17(21(27)28)11-15-5-3-2-4-6-15/h2-10,12,17H,11,13H2,1H3,(H,23,25)(H,27,28)/b18-12-. The second kappa shape index (κ2) is 9.69. The average Bonchev–Trinajstić information content (AvgIpc) is 2.97. The van der Waals surface area contributed by atoms with Crippen molar-refractivity contribution in [2.24, 2.45) is 0 Å². The SMILES string of the molecule is Cc1ccc(/C=C2\SC(=S)N(CC(=O)NC(Cc3ccccc3)C(=O)O)C2=O)cc1. The van der Waals surface area contributed by atoms with Crippen LogP contribution in [-0.2, 0) is 20.8 Å². The van der Waals surface area contributed by atoms with Crippen LogP contribution in [0.25, 0.3) is 6.08 Å². The van der Waals surface area contributed by atoms with Gasteiger partial charge >= 0.3 is 5.97 Å². The Labute approximate surface area is 184 Å². The Hall–Kier alpha value is -2.97. The van der Waals surface area contributed by atoms with Crippen LogP contribution < -0.4 is 5.32 Å². The van der Waals surface area contributed by atoms with Gasteiger partial charge in [-0.15, -0.1) is 0 Å². The summed E-state index contributed by atoms with van der Waals surface area (Å²) >= 11 is 6.37. The molecule has 0 bridgehead atoms. The van der Waals surface area contributed by atoms with Crippen molar-refractivity contribution in [3.8, 4) is 0 Å². The van der Waals surface area contributed by atoms with Crippen molar-refractivity contribution in [2.75, 3.05) is 6.54 Å². The van der Waals surface area contributed by atoms with E-state index in [0.717, 1.165) is 28.5 Å². The molecule has 2 aromatic rings. The molecule has 0 radical (unpaired) electrons. The summed E-state index contributed by atoms with van der Waals surface area (Å²) in [6.07, 6.45) is 1.87. The van der Waals surface area contributed by atoms with Crippen molar-refractivity contribution in [3.63, 3.8) is 0 Å². The molecule has 6 nitrogen and oxygen atoms in total. The lowest BCUT2D eigenvalue weighted by atomic mass is 10.1. The van der Waals surface area contributed by atoms with Crippen molar-refractivity contribution in [2.45, 2.75) is 19.4 Å². The molecule has 0 aliphatic carbocycles. The van der Waals surface area contributed by atoms with E-state index < -0.39 is 17.9 Å². The zero-order chi connectivity index (χ0) is 21.7. The topological polar surface area (TPSA) is 86.7 Å². The number of nitrogens with zero attached hydrogens (tertiary/aromatic N) is 1. The number of hydrogen-bond donors (Lipinski definition) is 2. The number of carbonyl (C=O) groups excluding carboxylic acids is 2. The van der Waals surface area contributed by atoms with Gasteiger partial charge in [-0.25, -0.2) is 4.79 Å². The minimum absolute atomic E-state index is 0.146. The van der Waals surface area contributed by atoms with Crippen molar-refractivity contribution >= 4 is 52.2 Å². The van der Waals surface area contributed by atoms with Crippen LogP contribution in [0.2, 0.25) is 0 Å². The van der Waals surface area contributed by atoms with Crippen LogP contribution in [-0.4, -0.2) is 44.7 Å². The van der Waals surface area contributed by atoms with Crippen molar-refractivity contribution < 1.29 is 19.5 Å². The van der Waals surface area contributed by atoms with Crippen LogP contribution in [0.15, 0.2) is 59.5 Å². The molecule has 1 atom stereocenters. The van der Waals surface area contributed by atoms with Crippen LogP contribution in [0.4, 0.5) is 0 Å². The zero-order valence-electron chi connectivity index (χ0n) is 16.2. The largest absolute Gasteiger partial charge is 0.480 e. The molecule has 1 fully saturated rings. The van der Waals surface area contributed by atoms with E-state index in [4.69, 9.17) is 12.2 Å². The highest BCUT2D eigenvalue weighted by Crippen LogP contribution is 2.32. The molecule has 2 amide bonds. The molecule has 154 valence electrons. The minimum Gasteiger partial charge on any atom is -0.480 e. The number of thioether (sulfide) groups is 1. The molecule has 1 heterocycles. The number of benzene rings is 2. The number of aliphatic carboxylic acids is 1. The van der Waals surface area contributed by atoms with Gasteiger partial charge in [-0.3, -0.25) is 14.5 Å². The number of carbonyl (C=O) groups is 3. The monoisotopic (exact) mass is 440 g/mol. The normalized spacial score (nSPS) is 16.0. The molecule has 1 unspecified atom stereocenters. The van der Waals surface area contributed by atoms with E-state index >= 15 is 0 Å². The maximum Gasteiger partial charge on any atom is 0.326 e. The highest BCUT2D eigenvalue weighted by atomic mass is 32.2. The van der Waals surface area contributed by atoms with Crippen molar-refractivity contribution in [1.29, 1.82) is 0 Å². The van der Waals surface area contributed by atoms with Gasteiger partial charge in [0.2, 0.25) is 5.91 Å². The lowest BCUT2D eigenvalue weighted by Crippen LogP contribution is -2.47. The van der Waals surface area contributed by atoms with Crippen LogP contribution in [0.5, 0.6) is 0 Å². The molecule has 2 N–H and O–H groups in total. The molecule has 0 aromatic heterocycles. The quantitative estimate of drug-likeness (QED) is 0.509. The predicted octanol–water partition coefficient (Wildman–Crippen LogP) is 3.01. The van der Waals surface area contributed by atoms with E-state index in [2.05, 4.69) is 5.32 Å². The second-order valence-corrected chi connectivity index (χ2v) is 8.50. The van der Waals surface area contributed by atoms with Gasteiger partial charge in [-0.1, -0.05) is 84.1 Å². The molecule has 2 aromatic carbocycles. The van der Waals surface area contributed by atoms with E-state index in [9.17, 15) is 19.5 Å². The van der Waals surface area contributed by atoms with Crippen molar-refractivity contribution in [3.05, 3.63) is 76.2 Å². The molecule has 1 aliphatic heterocycles. The maximum absolute atomic E-state index is 12.7. The number of thiocarbonyl (C=S) groups is 1. The third kappa shape index (κ3) is 5.55. The van der Waals surface area contributed by atoms with E-state index in [1.165, 1.54) is 4.90 Å². The van der Waals surface area contributed by atoms with Gasteiger partial charge in [0.05, 0.1) is 4.91 Å². The lowest BCUT2D eigenvalue weighted by Gasteiger charge is -2.18. The first kappa shape index (κ1) is 21.7. The molecule has 1 aliphatic rings. The van der Waals surface area contributed by atoms with Crippen LogP contribution >= 0.6 is 24.0 Å². The summed E-state index contributed by atoms with van der Waals surface area (Å²) in [5.74, 6) is -2.08. The van der Waals surface area contributed by atoms with Crippen LogP contribution in [0.1, 0.15) is 16.7 Å². The summed E-state index contributed by atoms with van der Waals surface area (Å²) in [6, 6.07) is 15.6. The molecule has 8 heteroatoms. The first-order chi connectivity index (χ1) is 14.3. The number of rotatable bonds is 7. The summed E-state index contributed by atoms with van der Waals surface area (Å²) in [7, 11) is 0. The van der Waals surface area contributed by atoms with Gasteiger partial charge in [0.15, 0.2) is 0 Å². The molecular formula is C22H20N2O4S2. The second-order valence-electron chi connectivity index (χ2n) is 6.83. The number of carboxylic acid groups (broad SMARTS) is 1. The minimum atomic E-state index is -1.14. The van der Waals surface area contributed by atoms with Gasteiger partial charge in [0.25, 0.3) is 5.91 Å². The number of nitrogens with one attached hydrogen (secondary N) is 1. The number of amides is 2. The van der Waals surface area contributed by atoms with Crippen LogP contribution in [0.3, 0.4) is 0 Å². The molecule has 0 saturated carbocycles. The number of carboxylic acids is 1. The fourth-order valence-corrected chi connectivity index (χ4v) is 4.14.